The van der Waals surface area contributed by atoms with Crippen molar-refractivity contribution in [2.45, 2.75) is 46.1 Å². The number of ether oxygens (including phenoxy) is 1. The van der Waals surface area contributed by atoms with E-state index in [0.717, 1.165) is 18.7 Å². The van der Waals surface area contributed by atoms with Gasteiger partial charge < -0.3 is 9.64 Å². The van der Waals surface area contributed by atoms with E-state index in [0.29, 0.717) is 12.6 Å². The van der Waals surface area contributed by atoms with Crippen molar-refractivity contribution in [1.82, 2.24) is 4.90 Å². The first-order valence-electron chi connectivity index (χ1n) is 11.9. The third kappa shape index (κ3) is 6.11. The molecule has 0 radical (unpaired) electrons. The lowest BCUT2D eigenvalue weighted by atomic mass is 9.88. The molecule has 0 spiro atoms. The summed E-state index contributed by atoms with van der Waals surface area (Å²) in [6, 6.07) is 30.6. The largest absolute Gasteiger partial charge is 0.492 e. The van der Waals surface area contributed by atoms with Crippen LogP contribution in [-0.2, 0) is 0 Å². The van der Waals surface area contributed by atoms with Gasteiger partial charge in [0, 0.05) is 12.6 Å². The Kier molecular flexibility index (Phi) is 9.13. The number of benzene rings is 3. The van der Waals surface area contributed by atoms with Crippen LogP contribution < -0.4 is 4.74 Å². The second kappa shape index (κ2) is 12.3. The summed E-state index contributed by atoms with van der Waals surface area (Å²) in [6.07, 6.45) is 3.32. The van der Waals surface area contributed by atoms with E-state index >= 15 is 0 Å². The monoisotopic (exact) mass is 427 g/mol. The number of nitrogens with zero attached hydrogens (tertiary/aromatic N) is 1. The molecule has 168 valence electrons. The molecular formula is C30H37NO. The summed E-state index contributed by atoms with van der Waals surface area (Å²) in [5, 5.41) is 0. The van der Waals surface area contributed by atoms with Crippen LogP contribution in [0.1, 0.15) is 56.7 Å². The van der Waals surface area contributed by atoms with Crippen LogP contribution in [0.4, 0.5) is 0 Å². The third-order valence-corrected chi connectivity index (χ3v) is 6.26. The zero-order valence-electron chi connectivity index (χ0n) is 20.1. The van der Waals surface area contributed by atoms with E-state index in [-0.39, 0.29) is 0 Å². The second-order valence-corrected chi connectivity index (χ2v) is 8.26. The molecular weight excluding hydrogens is 390 g/mol. The van der Waals surface area contributed by atoms with Gasteiger partial charge in [-0.05, 0) is 66.3 Å². The van der Waals surface area contributed by atoms with Gasteiger partial charge in [-0.1, -0.05) is 93.6 Å². The van der Waals surface area contributed by atoms with E-state index in [2.05, 4.69) is 118 Å². The molecule has 0 atom stereocenters. The molecule has 2 heteroatoms. The van der Waals surface area contributed by atoms with Crippen LogP contribution in [0.3, 0.4) is 0 Å². The molecule has 0 aliphatic heterocycles. The molecule has 32 heavy (non-hydrogen) atoms. The van der Waals surface area contributed by atoms with Crippen LogP contribution in [0.2, 0.25) is 0 Å². The van der Waals surface area contributed by atoms with Gasteiger partial charge in [-0.25, -0.2) is 0 Å². The summed E-state index contributed by atoms with van der Waals surface area (Å²) in [4.78, 5) is 2.40. The minimum absolute atomic E-state index is 0.630. The standard InChI is InChI=1S/C30H37NO/c1-5-27(6-2)31(4)22-23-32-28-20-18-26(19-21-28)30(25-16-12-9-13-17-25)29(7-3)24-14-10-8-11-15-24/h8-21,27H,5-7,22-23H2,1-4H3/b30-29-. The average molecular weight is 428 g/mol. The van der Waals surface area contributed by atoms with Crippen LogP contribution in [-0.4, -0.2) is 31.1 Å². The molecule has 3 rings (SSSR count). The normalized spacial score (nSPS) is 12.2. The Bertz CT molecular complexity index is 957. The molecule has 0 heterocycles. The fraction of sp³-hybridized carbons (Fsp3) is 0.333. The SMILES string of the molecule is CC/C(=C(\c1ccccc1)c1ccc(OCCN(C)C(CC)CC)cc1)c1ccccc1. The molecule has 0 amide bonds. The minimum Gasteiger partial charge on any atom is -0.492 e. The molecule has 0 fully saturated rings. The molecule has 0 unspecified atom stereocenters. The van der Waals surface area contributed by atoms with Crippen molar-refractivity contribution in [1.29, 1.82) is 0 Å². The van der Waals surface area contributed by atoms with Gasteiger partial charge in [0.2, 0.25) is 0 Å². The maximum atomic E-state index is 6.07. The maximum Gasteiger partial charge on any atom is 0.119 e. The van der Waals surface area contributed by atoms with Crippen LogP contribution >= 0.6 is 0 Å². The first-order valence-corrected chi connectivity index (χ1v) is 11.9. The first kappa shape index (κ1) is 23.8. The van der Waals surface area contributed by atoms with Gasteiger partial charge in [0.15, 0.2) is 0 Å². The highest BCUT2D eigenvalue weighted by Gasteiger charge is 2.13. The van der Waals surface area contributed by atoms with E-state index in [1.165, 1.54) is 40.7 Å². The Hall–Kier alpha value is -2.84. The highest BCUT2D eigenvalue weighted by Crippen LogP contribution is 2.34. The van der Waals surface area contributed by atoms with Crippen molar-refractivity contribution in [3.63, 3.8) is 0 Å². The van der Waals surface area contributed by atoms with Crippen molar-refractivity contribution in [3.05, 3.63) is 102 Å². The summed E-state index contributed by atoms with van der Waals surface area (Å²) < 4.78 is 6.07. The van der Waals surface area contributed by atoms with Crippen LogP contribution in [0.15, 0.2) is 84.9 Å². The van der Waals surface area contributed by atoms with E-state index in [1.807, 2.05) is 0 Å². The zero-order chi connectivity index (χ0) is 22.8. The summed E-state index contributed by atoms with van der Waals surface area (Å²) in [7, 11) is 2.19. The number of hydrogen-bond acceptors (Lipinski definition) is 2. The highest BCUT2D eigenvalue weighted by molar-refractivity contribution is 5.98. The number of rotatable bonds is 11. The van der Waals surface area contributed by atoms with Gasteiger partial charge in [-0.3, -0.25) is 0 Å². The lowest BCUT2D eigenvalue weighted by Gasteiger charge is -2.25. The summed E-state index contributed by atoms with van der Waals surface area (Å²) >= 11 is 0. The molecule has 3 aromatic carbocycles. The summed E-state index contributed by atoms with van der Waals surface area (Å²) in [5.74, 6) is 0.928. The molecule has 3 aromatic rings. The van der Waals surface area contributed by atoms with Gasteiger partial charge in [0.25, 0.3) is 0 Å². The zero-order valence-corrected chi connectivity index (χ0v) is 20.1. The molecule has 0 aromatic heterocycles. The van der Waals surface area contributed by atoms with Crippen LogP contribution in [0.5, 0.6) is 5.75 Å². The van der Waals surface area contributed by atoms with Crippen molar-refractivity contribution in [3.8, 4) is 5.75 Å². The van der Waals surface area contributed by atoms with Gasteiger partial charge in [0.05, 0.1) is 0 Å². The highest BCUT2D eigenvalue weighted by atomic mass is 16.5. The van der Waals surface area contributed by atoms with Crippen molar-refractivity contribution >= 4 is 11.1 Å². The molecule has 0 aliphatic rings. The quantitative estimate of drug-likeness (QED) is 0.293. The van der Waals surface area contributed by atoms with E-state index in [9.17, 15) is 0 Å². The lowest BCUT2D eigenvalue weighted by molar-refractivity contribution is 0.183. The average Bonchev–Trinajstić information content (AvgIpc) is 2.85. The van der Waals surface area contributed by atoms with E-state index in [1.54, 1.807) is 0 Å². The van der Waals surface area contributed by atoms with Crippen molar-refractivity contribution in [2.24, 2.45) is 0 Å². The Morgan fingerprint density at radius 2 is 1.25 bits per heavy atom. The van der Waals surface area contributed by atoms with Crippen molar-refractivity contribution < 1.29 is 4.74 Å². The lowest BCUT2D eigenvalue weighted by Crippen LogP contribution is -2.33. The van der Waals surface area contributed by atoms with Gasteiger partial charge in [-0.2, -0.15) is 0 Å². The molecule has 0 saturated heterocycles. The topological polar surface area (TPSA) is 12.5 Å². The fourth-order valence-electron chi connectivity index (χ4n) is 4.40. The third-order valence-electron chi connectivity index (χ3n) is 6.26. The predicted molar refractivity (Wildman–Crippen MR) is 138 cm³/mol. The van der Waals surface area contributed by atoms with Gasteiger partial charge in [0.1, 0.15) is 12.4 Å². The van der Waals surface area contributed by atoms with Crippen molar-refractivity contribution in [2.75, 3.05) is 20.2 Å². The second-order valence-electron chi connectivity index (χ2n) is 8.26. The summed E-state index contributed by atoms with van der Waals surface area (Å²) in [5.41, 5.74) is 6.39. The van der Waals surface area contributed by atoms with E-state index in [4.69, 9.17) is 4.74 Å². The molecule has 0 N–H and O–H groups in total. The van der Waals surface area contributed by atoms with Gasteiger partial charge >= 0.3 is 0 Å². The Morgan fingerprint density at radius 1 is 0.719 bits per heavy atom. The number of likely N-dealkylation sites (N-methyl/N-ethyl adjacent to an activating group) is 1. The molecule has 2 nitrogen and oxygen atoms in total. The van der Waals surface area contributed by atoms with Crippen LogP contribution in [0, 0.1) is 0 Å². The van der Waals surface area contributed by atoms with Gasteiger partial charge in [-0.15, -0.1) is 0 Å². The maximum absolute atomic E-state index is 6.07. The fourth-order valence-corrected chi connectivity index (χ4v) is 4.40. The smallest absolute Gasteiger partial charge is 0.119 e. The Morgan fingerprint density at radius 3 is 1.78 bits per heavy atom. The summed E-state index contributed by atoms with van der Waals surface area (Å²) in [6.45, 7) is 8.39. The minimum atomic E-state index is 0.630. The number of hydrogen-bond donors (Lipinski definition) is 0. The molecule has 0 saturated carbocycles. The van der Waals surface area contributed by atoms with Crippen LogP contribution in [0.25, 0.3) is 11.1 Å². The predicted octanol–water partition coefficient (Wildman–Crippen LogP) is 7.55. The number of allylic oxidation sites excluding steroid dienone is 1. The Balaban J connectivity index is 1.84. The molecule has 0 aliphatic carbocycles. The first-order chi connectivity index (χ1) is 15.7. The Labute approximate surface area is 194 Å². The van der Waals surface area contributed by atoms with E-state index < -0.39 is 0 Å². The molecule has 0 bridgehead atoms.